The van der Waals surface area contributed by atoms with Gasteiger partial charge in [-0.25, -0.2) is 4.98 Å². The first-order chi connectivity index (χ1) is 9.47. The summed E-state index contributed by atoms with van der Waals surface area (Å²) in [6, 6.07) is 7.68. The Morgan fingerprint density at radius 1 is 1.50 bits per heavy atom. The van der Waals surface area contributed by atoms with Crippen LogP contribution in [0.15, 0.2) is 34.9 Å². The second-order valence-corrected chi connectivity index (χ2v) is 5.10. The Morgan fingerprint density at radius 2 is 2.25 bits per heavy atom. The monoisotopic (exact) mass is 337 g/mol. The summed E-state index contributed by atoms with van der Waals surface area (Å²) in [5.41, 5.74) is 6.33. The topological polar surface area (TPSA) is 98.2 Å². The molecule has 0 bridgehead atoms. The van der Waals surface area contributed by atoms with Crippen LogP contribution < -0.4 is 10.6 Å². The smallest absolute Gasteiger partial charge is 0.329 e. The number of benzene rings is 1. The van der Waals surface area contributed by atoms with Crippen LogP contribution in [0.2, 0.25) is 0 Å². The molecule has 0 saturated carbocycles. The minimum atomic E-state index is -0.522. The van der Waals surface area contributed by atoms with Gasteiger partial charge in [-0.1, -0.05) is 28.1 Å². The average molecular weight is 338 g/mol. The van der Waals surface area contributed by atoms with Gasteiger partial charge in [0.25, 0.3) is 0 Å². The normalized spacial score (nSPS) is 10.3. The molecule has 104 valence electrons. The summed E-state index contributed by atoms with van der Waals surface area (Å²) < 4.78 is 0.945. The Kier molecular flexibility index (Phi) is 4.14. The molecule has 7 nitrogen and oxygen atoms in total. The average Bonchev–Trinajstić information content (AvgIpc) is 2.38. The van der Waals surface area contributed by atoms with Gasteiger partial charge >= 0.3 is 5.69 Å². The molecule has 0 fully saturated rings. The van der Waals surface area contributed by atoms with E-state index in [2.05, 4.69) is 25.9 Å². The third-order valence-electron chi connectivity index (χ3n) is 2.64. The highest BCUT2D eigenvalue weighted by molar-refractivity contribution is 9.10. The highest BCUT2D eigenvalue weighted by Crippen LogP contribution is 2.26. The van der Waals surface area contributed by atoms with Gasteiger partial charge in [0.05, 0.1) is 4.92 Å². The molecule has 0 aliphatic carbocycles. The summed E-state index contributed by atoms with van der Waals surface area (Å²) in [6.07, 6.45) is 1.12. The number of aromatic nitrogens is 2. The molecule has 0 radical (unpaired) electrons. The van der Waals surface area contributed by atoms with Gasteiger partial charge in [0.1, 0.15) is 6.20 Å². The van der Waals surface area contributed by atoms with Gasteiger partial charge < -0.3 is 10.6 Å². The first-order valence-corrected chi connectivity index (χ1v) is 6.49. The van der Waals surface area contributed by atoms with Gasteiger partial charge in [0.15, 0.2) is 0 Å². The Hall–Kier alpha value is -2.22. The van der Waals surface area contributed by atoms with Crippen LogP contribution in [0.5, 0.6) is 0 Å². The number of nitrogens with zero attached hydrogens (tertiary/aromatic N) is 4. The molecule has 1 aromatic carbocycles. The van der Waals surface area contributed by atoms with Crippen molar-refractivity contribution in [2.45, 2.75) is 6.54 Å². The van der Waals surface area contributed by atoms with E-state index in [1.54, 1.807) is 11.9 Å². The lowest BCUT2D eigenvalue weighted by Crippen LogP contribution is -2.20. The SMILES string of the molecule is CN(Cc1cccc(Br)c1)c1nc(N)ncc1[N+](=O)[O-]. The molecule has 0 aliphatic rings. The molecule has 0 aliphatic heterocycles. The van der Waals surface area contributed by atoms with E-state index in [4.69, 9.17) is 5.73 Å². The molecule has 1 aromatic heterocycles. The molecule has 0 spiro atoms. The fraction of sp³-hybridized carbons (Fsp3) is 0.167. The maximum Gasteiger partial charge on any atom is 0.329 e. The van der Waals surface area contributed by atoms with Crippen LogP contribution in [0, 0.1) is 10.1 Å². The second-order valence-electron chi connectivity index (χ2n) is 4.18. The number of rotatable bonds is 4. The van der Waals surface area contributed by atoms with Crippen molar-refractivity contribution in [1.82, 2.24) is 9.97 Å². The fourth-order valence-corrected chi connectivity index (χ4v) is 2.22. The van der Waals surface area contributed by atoms with Crippen LogP contribution in [-0.4, -0.2) is 21.9 Å². The van der Waals surface area contributed by atoms with E-state index < -0.39 is 4.92 Å². The van der Waals surface area contributed by atoms with Crippen LogP contribution >= 0.6 is 15.9 Å². The predicted molar refractivity (Wildman–Crippen MR) is 79.3 cm³/mol. The molecule has 0 amide bonds. The van der Waals surface area contributed by atoms with E-state index in [0.29, 0.717) is 6.54 Å². The van der Waals surface area contributed by atoms with Crippen molar-refractivity contribution in [2.75, 3.05) is 17.7 Å². The largest absolute Gasteiger partial charge is 0.368 e. The number of hydrogen-bond donors (Lipinski definition) is 1. The molecular formula is C12H12BrN5O2. The van der Waals surface area contributed by atoms with Crippen LogP contribution in [0.25, 0.3) is 0 Å². The standard InChI is InChI=1S/C12H12BrN5O2/c1-17(7-8-3-2-4-9(13)5-8)11-10(18(19)20)6-15-12(14)16-11/h2-6H,7H2,1H3,(H2,14,15,16). The zero-order chi connectivity index (χ0) is 14.7. The number of anilines is 2. The van der Waals surface area contributed by atoms with E-state index in [-0.39, 0.29) is 17.5 Å². The molecule has 2 N–H and O–H groups in total. The molecule has 0 saturated heterocycles. The van der Waals surface area contributed by atoms with E-state index >= 15 is 0 Å². The Bertz CT molecular complexity index is 649. The van der Waals surface area contributed by atoms with Crippen molar-refractivity contribution in [3.8, 4) is 0 Å². The van der Waals surface area contributed by atoms with E-state index in [1.807, 2.05) is 24.3 Å². The van der Waals surface area contributed by atoms with Crippen LogP contribution in [0.3, 0.4) is 0 Å². The van der Waals surface area contributed by atoms with Gasteiger partial charge in [0, 0.05) is 18.1 Å². The maximum absolute atomic E-state index is 11.0. The number of nitro groups is 1. The number of halogens is 1. The molecule has 8 heteroatoms. The zero-order valence-corrected chi connectivity index (χ0v) is 12.2. The van der Waals surface area contributed by atoms with Crippen LogP contribution in [-0.2, 0) is 6.54 Å². The van der Waals surface area contributed by atoms with Gasteiger partial charge in [-0.05, 0) is 17.7 Å². The minimum Gasteiger partial charge on any atom is -0.368 e. The number of hydrogen-bond acceptors (Lipinski definition) is 6. The third kappa shape index (κ3) is 3.21. The van der Waals surface area contributed by atoms with Gasteiger partial charge in [-0.15, -0.1) is 0 Å². The summed E-state index contributed by atoms with van der Waals surface area (Å²) in [5.74, 6) is 0.203. The van der Waals surface area contributed by atoms with Gasteiger partial charge in [-0.2, -0.15) is 4.98 Å². The molecular weight excluding hydrogens is 326 g/mol. The lowest BCUT2D eigenvalue weighted by molar-refractivity contribution is -0.384. The Labute approximate surface area is 123 Å². The lowest BCUT2D eigenvalue weighted by Gasteiger charge is -2.18. The van der Waals surface area contributed by atoms with Gasteiger partial charge in [0.2, 0.25) is 11.8 Å². The first kappa shape index (κ1) is 14.2. The number of nitrogen functional groups attached to an aromatic ring is 1. The van der Waals surface area contributed by atoms with Crippen LogP contribution in [0.1, 0.15) is 5.56 Å². The Balaban J connectivity index is 2.31. The quantitative estimate of drug-likeness (QED) is 0.679. The maximum atomic E-state index is 11.0. The van der Waals surface area contributed by atoms with E-state index in [1.165, 1.54) is 0 Å². The molecule has 1 heterocycles. The number of nitrogens with two attached hydrogens (primary N) is 1. The van der Waals surface area contributed by atoms with Crippen molar-refractivity contribution in [3.63, 3.8) is 0 Å². The summed E-state index contributed by atoms with van der Waals surface area (Å²) >= 11 is 3.39. The van der Waals surface area contributed by atoms with Crippen molar-refractivity contribution in [1.29, 1.82) is 0 Å². The molecule has 0 unspecified atom stereocenters. The minimum absolute atomic E-state index is 0.00620. The van der Waals surface area contributed by atoms with Gasteiger partial charge in [-0.3, -0.25) is 10.1 Å². The van der Waals surface area contributed by atoms with E-state index in [9.17, 15) is 10.1 Å². The second kappa shape index (κ2) is 5.83. The van der Waals surface area contributed by atoms with Crippen molar-refractivity contribution < 1.29 is 4.92 Å². The Morgan fingerprint density at radius 3 is 2.90 bits per heavy atom. The summed E-state index contributed by atoms with van der Waals surface area (Å²) in [6.45, 7) is 0.469. The van der Waals surface area contributed by atoms with E-state index in [0.717, 1.165) is 16.2 Å². The highest BCUT2D eigenvalue weighted by atomic mass is 79.9. The molecule has 2 rings (SSSR count). The van der Waals surface area contributed by atoms with Crippen molar-refractivity contribution >= 4 is 33.4 Å². The lowest BCUT2D eigenvalue weighted by atomic mass is 10.2. The van der Waals surface area contributed by atoms with Crippen molar-refractivity contribution in [2.24, 2.45) is 0 Å². The first-order valence-electron chi connectivity index (χ1n) is 5.70. The summed E-state index contributed by atoms with van der Waals surface area (Å²) in [5, 5.41) is 11.0. The highest BCUT2D eigenvalue weighted by Gasteiger charge is 2.20. The summed E-state index contributed by atoms with van der Waals surface area (Å²) in [7, 11) is 1.72. The summed E-state index contributed by atoms with van der Waals surface area (Å²) in [4.78, 5) is 19.7. The zero-order valence-electron chi connectivity index (χ0n) is 10.7. The molecule has 20 heavy (non-hydrogen) atoms. The third-order valence-corrected chi connectivity index (χ3v) is 3.13. The predicted octanol–water partition coefficient (Wildman–Crippen LogP) is 2.37. The van der Waals surface area contributed by atoms with Crippen molar-refractivity contribution in [3.05, 3.63) is 50.6 Å². The molecule has 2 aromatic rings. The van der Waals surface area contributed by atoms with Crippen LogP contribution in [0.4, 0.5) is 17.5 Å². The molecule has 0 atom stereocenters. The fourth-order valence-electron chi connectivity index (χ4n) is 1.77.